The SMILES string of the molecule is CCCN(C1CC1)S(=O)(=O)Cc1cccc(CCl)c1. The number of sulfonamides is 1. The van der Waals surface area contributed by atoms with Gasteiger partial charge in [-0.05, 0) is 30.4 Å². The minimum atomic E-state index is -3.21. The fourth-order valence-electron chi connectivity index (χ4n) is 2.23. The molecule has 1 aliphatic carbocycles. The highest BCUT2D eigenvalue weighted by Crippen LogP contribution is 2.30. The molecule has 0 atom stereocenters. The molecule has 0 aromatic heterocycles. The van der Waals surface area contributed by atoms with Crippen LogP contribution in [-0.2, 0) is 21.7 Å². The van der Waals surface area contributed by atoms with Gasteiger partial charge < -0.3 is 0 Å². The van der Waals surface area contributed by atoms with Crippen molar-refractivity contribution in [3.05, 3.63) is 35.4 Å². The number of rotatable bonds is 7. The smallest absolute Gasteiger partial charge is 0.212 e. The molecular weight excluding hydrogens is 282 g/mol. The summed E-state index contributed by atoms with van der Waals surface area (Å²) < 4.78 is 26.6. The molecule has 0 bridgehead atoms. The first kappa shape index (κ1) is 14.8. The fourth-order valence-corrected chi connectivity index (χ4v) is 4.29. The molecule has 0 saturated heterocycles. The lowest BCUT2D eigenvalue weighted by atomic mass is 10.2. The maximum absolute atomic E-state index is 12.5. The van der Waals surface area contributed by atoms with E-state index in [-0.39, 0.29) is 11.8 Å². The van der Waals surface area contributed by atoms with Crippen LogP contribution in [0.1, 0.15) is 37.3 Å². The Morgan fingerprint density at radius 2 is 2.00 bits per heavy atom. The van der Waals surface area contributed by atoms with Crippen LogP contribution in [-0.4, -0.2) is 25.3 Å². The minimum absolute atomic E-state index is 0.0776. The summed E-state index contributed by atoms with van der Waals surface area (Å²) in [5.74, 6) is 0.489. The molecule has 1 aromatic rings. The van der Waals surface area contributed by atoms with E-state index in [4.69, 9.17) is 11.6 Å². The van der Waals surface area contributed by atoms with Crippen LogP contribution in [0.5, 0.6) is 0 Å². The Bertz CT molecular complexity index is 526. The second-order valence-electron chi connectivity index (χ2n) is 5.05. The Morgan fingerprint density at radius 3 is 2.58 bits per heavy atom. The second-order valence-corrected chi connectivity index (χ2v) is 7.24. The number of hydrogen-bond acceptors (Lipinski definition) is 2. The van der Waals surface area contributed by atoms with Crippen molar-refractivity contribution in [2.75, 3.05) is 6.54 Å². The normalized spacial score (nSPS) is 15.9. The Morgan fingerprint density at radius 1 is 1.32 bits per heavy atom. The topological polar surface area (TPSA) is 37.4 Å². The minimum Gasteiger partial charge on any atom is -0.212 e. The van der Waals surface area contributed by atoms with Gasteiger partial charge in [0.05, 0.1) is 5.75 Å². The molecule has 1 aromatic carbocycles. The van der Waals surface area contributed by atoms with Crippen LogP contribution >= 0.6 is 11.6 Å². The summed E-state index contributed by atoms with van der Waals surface area (Å²) in [7, 11) is -3.21. The van der Waals surface area contributed by atoms with Crippen molar-refractivity contribution >= 4 is 21.6 Å². The molecule has 5 heteroatoms. The zero-order chi connectivity index (χ0) is 13.9. The highest BCUT2D eigenvalue weighted by molar-refractivity contribution is 7.88. The van der Waals surface area contributed by atoms with Gasteiger partial charge in [-0.25, -0.2) is 8.42 Å². The van der Waals surface area contributed by atoms with Crippen LogP contribution in [0.25, 0.3) is 0 Å². The van der Waals surface area contributed by atoms with Gasteiger partial charge in [0, 0.05) is 18.5 Å². The van der Waals surface area contributed by atoms with Crippen molar-refractivity contribution in [2.45, 2.75) is 43.9 Å². The summed E-state index contributed by atoms with van der Waals surface area (Å²) in [4.78, 5) is 0. The Kier molecular flexibility index (Phi) is 4.87. The van der Waals surface area contributed by atoms with Gasteiger partial charge in [-0.1, -0.05) is 31.2 Å². The van der Waals surface area contributed by atoms with Crippen LogP contribution < -0.4 is 0 Å². The molecule has 0 radical (unpaired) electrons. The van der Waals surface area contributed by atoms with Crippen LogP contribution in [0.2, 0.25) is 0 Å². The number of hydrogen-bond donors (Lipinski definition) is 0. The maximum Gasteiger partial charge on any atom is 0.218 e. The molecule has 3 nitrogen and oxygen atoms in total. The first-order chi connectivity index (χ1) is 9.06. The molecule has 0 aliphatic heterocycles. The third-order valence-electron chi connectivity index (χ3n) is 3.25. The van der Waals surface area contributed by atoms with E-state index in [2.05, 4.69) is 0 Å². The average Bonchev–Trinajstić information content (AvgIpc) is 3.19. The lowest BCUT2D eigenvalue weighted by molar-refractivity contribution is 0.402. The van der Waals surface area contributed by atoms with Crippen LogP contribution in [0, 0.1) is 0 Å². The van der Waals surface area contributed by atoms with Gasteiger partial charge in [0.2, 0.25) is 10.0 Å². The van der Waals surface area contributed by atoms with Gasteiger partial charge in [-0.15, -0.1) is 11.6 Å². The van der Waals surface area contributed by atoms with Gasteiger partial charge in [-0.2, -0.15) is 4.31 Å². The molecule has 0 N–H and O–H groups in total. The molecule has 2 rings (SSSR count). The van der Waals surface area contributed by atoms with Crippen molar-refractivity contribution in [2.24, 2.45) is 0 Å². The molecule has 0 unspecified atom stereocenters. The van der Waals surface area contributed by atoms with Crippen LogP contribution in [0.15, 0.2) is 24.3 Å². The number of nitrogens with zero attached hydrogens (tertiary/aromatic N) is 1. The Hall–Kier alpha value is -0.580. The van der Waals surface area contributed by atoms with Gasteiger partial charge >= 0.3 is 0 Å². The van der Waals surface area contributed by atoms with Gasteiger partial charge in [0.25, 0.3) is 0 Å². The summed E-state index contributed by atoms with van der Waals surface area (Å²) in [5.41, 5.74) is 1.78. The van der Waals surface area contributed by atoms with E-state index in [1.165, 1.54) is 0 Å². The molecular formula is C14H20ClNO2S. The Labute approximate surface area is 120 Å². The first-order valence-corrected chi connectivity index (χ1v) is 8.84. The highest BCUT2D eigenvalue weighted by Gasteiger charge is 2.36. The van der Waals surface area contributed by atoms with Crippen molar-refractivity contribution in [1.82, 2.24) is 4.31 Å². The molecule has 1 aliphatic rings. The quantitative estimate of drug-likeness (QED) is 0.726. The van der Waals surface area contributed by atoms with E-state index in [1.54, 1.807) is 4.31 Å². The van der Waals surface area contributed by atoms with Crippen molar-refractivity contribution in [3.8, 4) is 0 Å². The zero-order valence-electron chi connectivity index (χ0n) is 11.2. The first-order valence-electron chi connectivity index (χ1n) is 6.70. The van der Waals surface area contributed by atoms with Crippen molar-refractivity contribution < 1.29 is 8.42 Å². The summed E-state index contributed by atoms with van der Waals surface area (Å²) in [6.45, 7) is 2.64. The third kappa shape index (κ3) is 3.94. The average molecular weight is 302 g/mol. The lowest BCUT2D eigenvalue weighted by Gasteiger charge is -2.21. The van der Waals surface area contributed by atoms with E-state index in [0.29, 0.717) is 12.4 Å². The predicted octanol–water partition coefficient (Wildman–Crippen LogP) is 3.13. The predicted molar refractivity (Wildman–Crippen MR) is 78.6 cm³/mol. The lowest BCUT2D eigenvalue weighted by Crippen LogP contribution is -2.34. The van der Waals surface area contributed by atoms with Gasteiger partial charge in [0.1, 0.15) is 0 Å². The Balaban J connectivity index is 2.14. The number of halogens is 1. The number of benzene rings is 1. The van der Waals surface area contributed by atoms with Crippen LogP contribution in [0.3, 0.4) is 0 Å². The second kappa shape index (κ2) is 6.25. The number of alkyl halides is 1. The zero-order valence-corrected chi connectivity index (χ0v) is 12.8. The molecule has 1 fully saturated rings. The maximum atomic E-state index is 12.5. The van der Waals surface area contributed by atoms with Gasteiger partial charge in [0.15, 0.2) is 0 Å². The molecule has 0 spiro atoms. The third-order valence-corrected chi connectivity index (χ3v) is 5.45. The summed E-state index contributed by atoms with van der Waals surface area (Å²) >= 11 is 5.78. The van der Waals surface area contributed by atoms with E-state index in [1.807, 2.05) is 31.2 Å². The van der Waals surface area contributed by atoms with E-state index in [0.717, 1.165) is 30.4 Å². The van der Waals surface area contributed by atoms with Crippen molar-refractivity contribution in [1.29, 1.82) is 0 Å². The molecule has 0 heterocycles. The molecule has 19 heavy (non-hydrogen) atoms. The molecule has 106 valence electrons. The molecule has 0 amide bonds. The standard InChI is InChI=1S/C14H20ClNO2S/c1-2-8-16(14-6-7-14)19(17,18)11-13-5-3-4-12(9-13)10-15/h3-5,9,14H,2,6-8,10-11H2,1H3. The summed E-state index contributed by atoms with van der Waals surface area (Å²) in [6.07, 6.45) is 2.86. The van der Waals surface area contributed by atoms with E-state index < -0.39 is 10.0 Å². The highest BCUT2D eigenvalue weighted by atomic mass is 35.5. The van der Waals surface area contributed by atoms with Crippen molar-refractivity contribution in [3.63, 3.8) is 0 Å². The summed E-state index contributed by atoms with van der Waals surface area (Å²) in [6, 6.07) is 7.74. The van der Waals surface area contributed by atoms with Crippen LogP contribution in [0.4, 0.5) is 0 Å². The van der Waals surface area contributed by atoms with E-state index >= 15 is 0 Å². The molecule has 1 saturated carbocycles. The van der Waals surface area contributed by atoms with Gasteiger partial charge in [-0.3, -0.25) is 0 Å². The fraction of sp³-hybridized carbons (Fsp3) is 0.571. The monoisotopic (exact) mass is 301 g/mol. The summed E-state index contributed by atoms with van der Waals surface area (Å²) in [5, 5.41) is 0. The van der Waals surface area contributed by atoms with E-state index in [9.17, 15) is 8.42 Å². The largest absolute Gasteiger partial charge is 0.218 e.